The van der Waals surface area contributed by atoms with Crippen LogP contribution >= 0.6 is 23.4 Å². The zero-order valence-electron chi connectivity index (χ0n) is 15.6. The van der Waals surface area contributed by atoms with Gasteiger partial charge >= 0.3 is 0 Å². The summed E-state index contributed by atoms with van der Waals surface area (Å²) in [6.45, 7) is 4.30. The zero-order valence-corrected chi connectivity index (χ0v) is 17.1. The molecule has 2 fully saturated rings. The molecule has 2 atom stereocenters. The molecule has 2 aromatic rings. The fourth-order valence-corrected chi connectivity index (χ4v) is 4.87. The Morgan fingerprint density at radius 2 is 2.04 bits per heavy atom. The number of piperidine rings is 1. The van der Waals surface area contributed by atoms with Gasteiger partial charge in [-0.05, 0) is 25.8 Å². The number of aromatic nitrogens is 3. The van der Waals surface area contributed by atoms with Crippen LogP contribution < -0.4 is 22.1 Å². The minimum Gasteiger partial charge on any atom is -0.382 e. The van der Waals surface area contributed by atoms with Crippen molar-refractivity contribution < 1.29 is 4.74 Å². The first-order valence-corrected chi connectivity index (χ1v) is 10.4. The van der Waals surface area contributed by atoms with Crippen LogP contribution in [0.1, 0.15) is 19.8 Å². The molecule has 0 saturated carbocycles. The molecule has 4 rings (SSSR count). The predicted molar refractivity (Wildman–Crippen MR) is 110 cm³/mol. The predicted octanol–water partition coefficient (Wildman–Crippen LogP) is 2.50. The van der Waals surface area contributed by atoms with Gasteiger partial charge in [-0.25, -0.2) is 15.0 Å². The number of ether oxygens (including phenoxy) is 1. The van der Waals surface area contributed by atoms with Crippen molar-refractivity contribution in [2.75, 3.05) is 36.1 Å². The highest BCUT2D eigenvalue weighted by molar-refractivity contribution is 7.99. The summed E-state index contributed by atoms with van der Waals surface area (Å²) in [4.78, 5) is 15.9. The van der Waals surface area contributed by atoms with E-state index in [2.05, 4.69) is 19.9 Å². The van der Waals surface area contributed by atoms with Gasteiger partial charge in [-0.1, -0.05) is 23.4 Å². The van der Waals surface area contributed by atoms with E-state index in [1.807, 2.05) is 6.92 Å². The van der Waals surface area contributed by atoms with E-state index >= 15 is 0 Å². The van der Waals surface area contributed by atoms with Gasteiger partial charge < -0.3 is 21.1 Å². The quantitative estimate of drug-likeness (QED) is 0.775. The Labute approximate surface area is 173 Å². The topological polar surface area (TPSA) is 127 Å². The van der Waals surface area contributed by atoms with Crippen molar-refractivity contribution in [3.05, 3.63) is 23.5 Å². The van der Waals surface area contributed by atoms with Crippen LogP contribution in [0.15, 0.2) is 28.4 Å². The van der Waals surface area contributed by atoms with Crippen LogP contribution in [0.3, 0.4) is 0 Å². The number of anilines is 3. The summed E-state index contributed by atoms with van der Waals surface area (Å²) >= 11 is 7.51. The largest absolute Gasteiger partial charge is 0.382 e. The van der Waals surface area contributed by atoms with Crippen molar-refractivity contribution >= 4 is 40.8 Å². The number of hydrogen-bond acceptors (Lipinski definition) is 8. The van der Waals surface area contributed by atoms with Crippen molar-refractivity contribution in [1.82, 2.24) is 20.7 Å². The van der Waals surface area contributed by atoms with Gasteiger partial charge in [0.1, 0.15) is 16.7 Å². The monoisotopic (exact) mass is 420 g/mol. The molecule has 10 heteroatoms. The van der Waals surface area contributed by atoms with E-state index in [1.54, 1.807) is 18.5 Å². The maximum Gasteiger partial charge on any atom is 0.158 e. The normalized spacial score (nSPS) is 24.0. The summed E-state index contributed by atoms with van der Waals surface area (Å²) in [5, 5.41) is 0.964. The standard InChI is InChI=1S/C18H23ClN7OS/c1-10-14(20)18(9-27-10)3-6-26(7-4-18)12-8-24-17(16(22)25-12)28-11-2-5-23-15(21)13(11)19/h2,5,8,10,14,20H,3-4,6-7,9H2,1H3,(H2,21,23)(H2,22,25)/t10-,14+/m0/s1. The highest BCUT2D eigenvalue weighted by atomic mass is 35.5. The molecule has 8 nitrogen and oxygen atoms in total. The number of pyridine rings is 1. The highest BCUT2D eigenvalue weighted by Gasteiger charge is 2.48. The van der Waals surface area contributed by atoms with E-state index < -0.39 is 0 Å². The van der Waals surface area contributed by atoms with Gasteiger partial charge in [-0.2, -0.15) is 0 Å². The Kier molecular flexibility index (Phi) is 5.26. The summed E-state index contributed by atoms with van der Waals surface area (Å²) in [6, 6.07) is 1.60. The molecule has 2 aromatic heterocycles. The summed E-state index contributed by atoms with van der Waals surface area (Å²) < 4.78 is 5.73. The summed E-state index contributed by atoms with van der Waals surface area (Å²) in [5.41, 5.74) is 20.3. The Bertz CT molecular complexity index is 875. The van der Waals surface area contributed by atoms with E-state index in [4.69, 9.17) is 33.5 Å². The van der Waals surface area contributed by atoms with Crippen molar-refractivity contribution in [2.45, 2.75) is 41.8 Å². The minimum atomic E-state index is -0.165. The van der Waals surface area contributed by atoms with Gasteiger partial charge in [0.25, 0.3) is 0 Å². The van der Waals surface area contributed by atoms with Crippen LogP contribution in [0.4, 0.5) is 17.5 Å². The molecule has 0 aliphatic carbocycles. The Morgan fingerprint density at radius 1 is 1.29 bits per heavy atom. The third kappa shape index (κ3) is 3.47. The molecule has 4 heterocycles. The minimum absolute atomic E-state index is 0.00680. The zero-order chi connectivity index (χ0) is 19.9. The first-order chi connectivity index (χ1) is 13.4. The molecular formula is C18H23ClN7OS. The van der Waals surface area contributed by atoms with Crippen LogP contribution in [0, 0.1) is 5.41 Å². The lowest BCUT2D eigenvalue weighted by molar-refractivity contribution is 0.0973. The Morgan fingerprint density at radius 3 is 2.68 bits per heavy atom. The second kappa shape index (κ2) is 7.55. The van der Waals surface area contributed by atoms with Crippen LogP contribution in [0.5, 0.6) is 0 Å². The molecule has 28 heavy (non-hydrogen) atoms. The summed E-state index contributed by atoms with van der Waals surface area (Å²) in [7, 11) is 0. The van der Waals surface area contributed by atoms with Crippen LogP contribution in [-0.2, 0) is 4.74 Å². The molecular weight excluding hydrogens is 398 g/mol. The molecule has 0 aromatic carbocycles. The van der Waals surface area contributed by atoms with Gasteiger partial charge in [0, 0.05) is 29.6 Å². The number of rotatable bonds is 3. The van der Waals surface area contributed by atoms with Gasteiger partial charge in [0.15, 0.2) is 5.82 Å². The Hall–Kier alpha value is -1.81. The van der Waals surface area contributed by atoms with Gasteiger partial charge in [0.05, 0.1) is 30.0 Å². The van der Waals surface area contributed by atoms with Crippen LogP contribution in [0.2, 0.25) is 5.02 Å². The van der Waals surface area contributed by atoms with E-state index in [-0.39, 0.29) is 23.4 Å². The number of nitrogens with zero attached hydrogens (tertiary/aromatic N) is 4. The first-order valence-electron chi connectivity index (χ1n) is 9.18. The number of hydrogen-bond donors (Lipinski definition) is 2. The summed E-state index contributed by atoms with van der Waals surface area (Å²) in [5.74, 6) is 1.38. The fraction of sp³-hybridized carbons (Fsp3) is 0.500. The lowest BCUT2D eigenvalue weighted by Gasteiger charge is -2.41. The smallest absolute Gasteiger partial charge is 0.158 e. The Balaban J connectivity index is 1.46. The van der Waals surface area contributed by atoms with E-state index in [1.165, 1.54) is 11.8 Å². The third-order valence-corrected chi connectivity index (χ3v) is 7.26. The van der Waals surface area contributed by atoms with Crippen molar-refractivity contribution in [2.24, 2.45) is 5.41 Å². The van der Waals surface area contributed by atoms with E-state index in [9.17, 15) is 0 Å². The average molecular weight is 421 g/mol. The molecule has 5 N–H and O–H groups in total. The van der Waals surface area contributed by atoms with E-state index in [0.717, 1.165) is 36.6 Å². The molecule has 2 aliphatic heterocycles. The molecule has 2 aliphatic rings. The first kappa shape index (κ1) is 19.5. The maximum absolute atomic E-state index is 8.43. The van der Waals surface area contributed by atoms with Crippen molar-refractivity contribution in [3.63, 3.8) is 0 Å². The molecule has 149 valence electrons. The molecule has 2 saturated heterocycles. The van der Waals surface area contributed by atoms with Crippen molar-refractivity contribution in [1.29, 1.82) is 0 Å². The number of halogens is 1. The number of nitrogen functional groups attached to an aromatic ring is 2. The number of nitrogens with two attached hydrogens (primary N) is 2. The molecule has 1 spiro atoms. The van der Waals surface area contributed by atoms with Gasteiger partial charge in [-0.3, -0.25) is 5.73 Å². The lowest BCUT2D eigenvalue weighted by Crippen LogP contribution is -2.47. The van der Waals surface area contributed by atoms with Crippen LogP contribution in [0.25, 0.3) is 0 Å². The van der Waals surface area contributed by atoms with Gasteiger partial charge in [0.2, 0.25) is 0 Å². The fourth-order valence-electron chi connectivity index (χ4n) is 3.86. The van der Waals surface area contributed by atoms with Crippen LogP contribution in [-0.4, -0.2) is 46.8 Å². The molecule has 0 amide bonds. The van der Waals surface area contributed by atoms with Gasteiger partial charge in [-0.15, -0.1) is 0 Å². The highest BCUT2D eigenvalue weighted by Crippen LogP contribution is 2.43. The second-order valence-electron chi connectivity index (χ2n) is 7.37. The molecule has 1 radical (unpaired) electrons. The maximum atomic E-state index is 8.43. The molecule has 0 bridgehead atoms. The third-order valence-electron chi connectivity index (χ3n) is 5.68. The summed E-state index contributed by atoms with van der Waals surface area (Å²) in [6.07, 6.45) is 5.16. The lowest BCUT2D eigenvalue weighted by atomic mass is 9.73. The molecule has 0 unspecified atom stereocenters. The number of nitrogens with one attached hydrogen (secondary N) is 1. The average Bonchev–Trinajstić information content (AvgIpc) is 2.96. The van der Waals surface area contributed by atoms with E-state index in [0.29, 0.717) is 22.5 Å². The van der Waals surface area contributed by atoms with Crippen molar-refractivity contribution in [3.8, 4) is 0 Å². The SMILES string of the molecule is C[C@@H]1OCC2(CCN(c3cnc(Sc4ccnc(N)c4Cl)c(N)n3)CC2)[C@@H]1[NH]. The second-order valence-corrected chi connectivity index (χ2v) is 8.78.